The van der Waals surface area contributed by atoms with Gasteiger partial charge in [0, 0.05) is 32.2 Å². The van der Waals surface area contributed by atoms with Crippen LogP contribution in [0, 0.1) is 5.82 Å². The number of aromatic nitrogens is 3. The number of halogens is 1. The van der Waals surface area contributed by atoms with E-state index in [1.165, 1.54) is 23.4 Å². The summed E-state index contributed by atoms with van der Waals surface area (Å²) < 4.78 is 16.1. The molecule has 0 aliphatic carbocycles. The van der Waals surface area contributed by atoms with Gasteiger partial charge in [-0.15, -0.1) is 16.8 Å². The zero-order chi connectivity index (χ0) is 23.2. The third kappa shape index (κ3) is 5.69. The van der Waals surface area contributed by atoms with Gasteiger partial charge in [0.05, 0.1) is 10.8 Å². The molecule has 0 radical (unpaired) electrons. The van der Waals surface area contributed by atoms with E-state index in [0.29, 0.717) is 23.1 Å². The number of likely N-dealkylation sites (tertiary alicyclic amines) is 1. The monoisotopic (exact) mass is 465 g/mol. The second-order valence-corrected chi connectivity index (χ2v) is 9.47. The van der Waals surface area contributed by atoms with Crippen LogP contribution >= 0.6 is 11.8 Å². The molecule has 2 unspecified atom stereocenters. The van der Waals surface area contributed by atoms with E-state index in [-0.39, 0.29) is 23.0 Å². The van der Waals surface area contributed by atoms with Gasteiger partial charge in [0.15, 0.2) is 11.0 Å². The molecule has 3 aromatic rings. The molecule has 8 heteroatoms. The van der Waals surface area contributed by atoms with E-state index in [4.69, 9.17) is 0 Å². The summed E-state index contributed by atoms with van der Waals surface area (Å²) in [5, 5.41) is 11.8. The molecule has 1 aliphatic rings. The first-order chi connectivity index (χ1) is 16.0. The van der Waals surface area contributed by atoms with Crippen molar-refractivity contribution in [2.45, 2.75) is 42.9 Å². The zero-order valence-electron chi connectivity index (χ0n) is 18.7. The van der Waals surface area contributed by atoms with E-state index < -0.39 is 0 Å². The standard InChI is InChI=1S/C25H28FN5OS/c1-3-14-31-23(21-11-7-8-12-22(21)26)28-29-25(31)33-18(2)24(32)27-20-13-15-30(17-20)16-19-9-5-4-6-10-19/h3-12,18,20H,1,13-17H2,2H3,(H,27,32). The number of hydrogen-bond acceptors (Lipinski definition) is 5. The van der Waals surface area contributed by atoms with Crippen molar-refractivity contribution >= 4 is 17.7 Å². The van der Waals surface area contributed by atoms with Crippen molar-refractivity contribution in [3.05, 3.63) is 78.6 Å². The van der Waals surface area contributed by atoms with Gasteiger partial charge in [0.1, 0.15) is 5.82 Å². The summed E-state index contributed by atoms with van der Waals surface area (Å²) in [4.78, 5) is 15.2. The summed E-state index contributed by atoms with van der Waals surface area (Å²) in [6.45, 7) is 8.75. The van der Waals surface area contributed by atoms with Gasteiger partial charge in [-0.2, -0.15) is 0 Å². The maximum atomic E-state index is 14.3. The third-order valence-corrected chi connectivity index (χ3v) is 6.74. The predicted octanol–water partition coefficient (Wildman–Crippen LogP) is 4.14. The van der Waals surface area contributed by atoms with E-state index in [0.717, 1.165) is 26.1 Å². The SMILES string of the molecule is C=CCn1c(SC(C)C(=O)NC2CCN(Cc3ccccc3)C2)nnc1-c1ccccc1F. The Kier molecular flexibility index (Phi) is 7.57. The molecule has 1 aliphatic heterocycles. The van der Waals surface area contributed by atoms with Crippen LogP contribution in [0.25, 0.3) is 11.4 Å². The quantitative estimate of drug-likeness (QED) is 0.380. The summed E-state index contributed by atoms with van der Waals surface area (Å²) in [6, 6.07) is 17.0. The molecule has 2 heterocycles. The summed E-state index contributed by atoms with van der Waals surface area (Å²) in [6.07, 6.45) is 2.64. The Morgan fingerprint density at radius 2 is 2.00 bits per heavy atom. The first kappa shape index (κ1) is 23.2. The molecule has 1 saturated heterocycles. The third-order valence-electron chi connectivity index (χ3n) is 5.66. The van der Waals surface area contributed by atoms with Crippen molar-refractivity contribution in [2.75, 3.05) is 13.1 Å². The van der Waals surface area contributed by atoms with Crippen molar-refractivity contribution in [2.24, 2.45) is 0 Å². The van der Waals surface area contributed by atoms with Crippen LogP contribution in [0.2, 0.25) is 0 Å². The number of benzene rings is 2. The number of carbonyl (C=O) groups is 1. The van der Waals surface area contributed by atoms with Crippen LogP contribution in [0.1, 0.15) is 18.9 Å². The minimum absolute atomic E-state index is 0.0350. The molecule has 1 N–H and O–H groups in total. The highest BCUT2D eigenvalue weighted by Gasteiger charge is 2.27. The summed E-state index contributed by atoms with van der Waals surface area (Å²) in [5.41, 5.74) is 1.65. The van der Waals surface area contributed by atoms with Crippen molar-refractivity contribution in [3.8, 4) is 11.4 Å². The van der Waals surface area contributed by atoms with E-state index in [1.54, 1.807) is 28.8 Å². The summed E-state index contributed by atoms with van der Waals surface area (Å²) in [5.74, 6) is 0.0291. The van der Waals surface area contributed by atoms with Crippen LogP contribution in [0.15, 0.2) is 72.4 Å². The maximum absolute atomic E-state index is 14.3. The van der Waals surface area contributed by atoms with Crippen LogP contribution in [-0.4, -0.2) is 50.0 Å². The first-order valence-electron chi connectivity index (χ1n) is 11.1. The molecule has 2 aromatic carbocycles. The maximum Gasteiger partial charge on any atom is 0.233 e. The lowest BCUT2D eigenvalue weighted by atomic mass is 10.2. The van der Waals surface area contributed by atoms with Crippen molar-refractivity contribution < 1.29 is 9.18 Å². The van der Waals surface area contributed by atoms with E-state index in [1.807, 2.05) is 25.1 Å². The van der Waals surface area contributed by atoms with Gasteiger partial charge < -0.3 is 5.32 Å². The number of carbonyl (C=O) groups excluding carboxylic acids is 1. The second kappa shape index (κ2) is 10.8. The molecule has 1 aromatic heterocycles. The number of allylic oxidation sites excluding steroid dienone is 1. The molecule has 2 atom stereocenters. The Morgan fingerprint density at radius 1 is 1.24 bits per heavy atom. The average molecular weight is 466 g/mol. The smallest absolute Gasteiger partial charge is 0.233 e. The molecule has 0 saturated carbocycles. The molecule has 0 bridgehead atoms. The largest absolute Gasteiger partial charge is 0.351 e. The molecule has 6 nitrogen and oxygen atoms in total. The minimum atomic E-state index is -0.366. The Labute approximate surface area is 197 Å². The van der Waals surface area contributed by atoms with Crippen molar-refractivity contribution in [1.29, 1.82) is 0 Å². The number of rotatable bonds is 9. The summed E-state index contributed by atoms with van der Waals surface area (Å²) >= 11 is 1.32. The average Bonchev–Trinajstić information content (AvgIpc) is 3.42. The van der Waals surface area contributed by atoms with Gasteiger partial charge in [-0.05, 0) is 31.0 Å². The fourth-order valence-corrected chi connectivity index (χ4v) is 4.84. The second-order valence-electron chi connectivity index (χ2n) is 8.16. The van der Waals surface area contributed by atoms with E-state index in [9.17, 15) is 9.18 Å². The van der Waals surface area contributed by atoms with Crippen molar-refractivity contribution in [3.63, 3.8) is 0 Å². The van der Waals surface area contributed by atoms with Crippen molar-refractivity contribution in [1.82, 2.24) is 25.0 Å². The van der Waals surface area contributed by atoms with Gasteiger partial charge in [-0.25, -0.2) is 4.39 Å². The lowest BCUT2D eigenvalue weighted by Gasteiger charge is -2.18. The first-order valence-corrected chi connectivity index (χ1v) is 12.0. The topological polar surface area (TPSA) is 63.1 Å². The van der Waals surface area contributed by atoms with Gasteiger partial charge in [0.25, 0.3) is 0 Å². The van der Waals surface area contributed by atoms with Gasteiger partial charge in [-0.1, -0.05) is 60.3 Å². The molecular weight excluding hydrogens is 437 g/mol. The summed E-state index contributed by atoms with van der Waals surface area (Å²) in [7, 11) is 0. The molecule has 1 amide bonds. The lowest BCUT2D eigenvalue weighted by molar-refractivity contribution is -0.120. The van der Waals surface area contributed by atoms with Crippen LogP contribution < -0.4 is 5.32 Å². The Hall–Kier alpha value is -2.97. The zero-order valence-corrected chi connectivity index (χ0v) is 19.5. The number of thioether (sulfide) groups is 1. The molecule has 172 valence electrons. The van der Waals surface area contributed by atoms with Crippen LogP contribution in [0.5, 0.6) is 0 Å². The van der Waals surface area contributed by atoms with Gasteiger partial charge in [0.2, 0.25) is 5.91 Å². The number of nitrogens with zero attached hydrogens (tertiary/aromatic N) is 4. The molecule has 4 rings (SSSR count). The minimum Gasteiger partial charge on any atom is -0.351 e. The highest BCUT2D eigenvalue weighted by atomic mass is 32.2. The van der Waals surface area contributed by atoms with Gasteiger partial charge >= 0.3 is 0 Å². The van der Waals surface area contributed by atoms with Crippen LogP contribution in [0.3, 0.4) is 0 Å². The fraction of sp³-hybridized carbons (Fsp3) is 0.320. The fourth-order valence-electron chi connectivity index (χ4n) is 3.98. The molecule has 1 fully saturated rings. The predicted molar refractivity (Wildman–Crippen MR) is 129 cm³/mol. The Bertz CT molecular complexity index is 1100. The highest BCUT2D eigenvalue weighted by Crippen LogP contribution is 2.28. The Balaban J connectivity index is 1.37. The molecular formula is C25H28FN5OS. The van der Waals surface area contributed by atoms with Gasteiger partial charge in [-0.3, -0.25) is 14.3 Å². The molecule has 33 heavy (non-hydrogen) atoms. The van der Waals surface area contributed by atoms with Crippen LogP contribution in [-0.2, 0) is 17.9 Å². The lowest BCUT2D eigenvalue weighted by Crippen LogP contribution is -2.40. The number of nitrogens with one attached hydrogen (secondary N) is 1. The highest BCUT2D eigenvalue weighted by molar-refractivity contribution is 8.00. The molecule has 0 spiro atoms. The number of amides is 1. The number of hydrogen-bond donors (Lipinski definition) is 1. The van der Waals surface area contributed by atoms with E-state index >= 15 is 0 Å². The van der Waals surface area contributed by atoms with E-state index in [2.05, 4.69) is 39.1 Å². The normalized spacial score (nSPS) is 17.1. The van der Waals surface area contributed by atoms with Crippen LogP contribution in [0.4, 0.5) is 4.39 Å². The Morgan fingerprint density at radius 3 is 2.76 bits per heavy atom.